The predicted octanol–water partition coefficient (Wildman–Crippen LogP) is 4.60. The molecule has 1 N–H and O–H groups in total. The molecule has 0 aromatic heterocycles. The topological polar surface area (TPSA) is 66.5 Å². The number of carbonyl (C=O) groups excluding carboxylic acids is 3. The number of nitrogens with one attached hydrogen (secondary N) is 1. The van der Waals surface area contributed by atoms with Crippen LogP contribution >= 0.6 is 69.6 Å². The third-order valence-corrected chi connectivity index (χ3v) is 9.61. The quantitative estimate of drug-likeness (QED) is 0.475. The van der Waals surface area contributed by atoms with Crippen LogP contribution in [-0.2, 0) is 14.4 Å². The maximum Gasteiger partial charge on any atom is 0.240 e. The van der Waals surface area contributed by atoms with E-state index in [1.54, 1.807) is 12.1 Å². The van der Waals surface area contributed by atoms with E-state index in [-0.39, 0.29) is 21.7 Å². The minimum atomic E-state index is -1.96. The second-order valence-corrected chi connectivity index (χ2v) is 10.1. The second kappa shape index (κ2) is 6.16. The Morgan fingerprint density at radius 3 is 1.75 bits per heavy atom. The number of amides is 3. The molecular formula is C17H10Cl6N2O3. The molecule has 1 aromatic carbocycles. The van der Waals surface area contributed by atoms with Gasteiger partial charge in [-0.05, 0) is 24.3 Å². The van der Waals surface area contributed by atoms with E-state index in [1.165, 1.54) is 19.1 Å². The third kappa shape index (κ3) is 2.16. The number of rotatable bonds is 2. The second-order valence-electron chi connectivity index (χ2n) is 6.82. The fourth-order valence-electron chi connectivity index (χ4n) is 4.15. The number of hydrogen-bond acceptors (Lipinski definition) is 3. The van der Waals surface area contributed by atoms with E-state index in [0.29, 0.717) is 5.69 Å². The molecule has 2 bridgehead atoms. The molecule has 5 nitrogen and oxygen atoms in total. The van der Waals surface area contributed by atoms with Gasteiger partial charge in [-0.3, -0.25) is 14.4 Å². The Balaban J connectivity index is 1.78. The van der Waals surface area contributed by atoms with E-state index in [2.05, 4.69) is 5.32 Å². The lowest BCUT2D eigenvalue weighted by atomic mass is 9.84. The number of imide groups is 1. The summed E-state index contributed by atoms with van der Waals surface area (Å²) in [5, 5.41) is 2.32. The highest BCUT2D eigenvalue weighted by molar-refractivity contribution is 6.67. The number of anilines is 2. The molecule has 0 radical (unpaired) electrons. The number of alkyl halides is 4. The number of nitrogens with zero attached hydrogens (tertiary/aromatic N) is 1. The summed E-state index contributed by atoms with van der Waals surface area (Å²) in [7, 11) is 0. The number of fused-ring (bicyclic) bond motifs is 5. The summed E-state index contributed by atoms with van der Waals surface area (Å²) in [5.74, 6) is -3.88. The van der Waals surface area contributed by atoms with Crippen LogP contribution in [0.4, 0.5) is 11.4 Å². The van der Waals surface area contributed by atoms with Crippen molar-refractivity contribution in [2.45, 2.75) is 21.0 Å². The first kappa shape index (κ1) is 20.6. The summed E-state index contributed by atoms with van der Waals surface area (Å²) in [5.41, 5.74) is 0.784. The van der Waals surface area contributed by atoms with E-state index in [9.17, 15) is 14.4 Å². The monoisotopic (exact) mass is 500 g/mol. The average Bonchev–Trinajstić information content (AvgIpc) is 3.00. The molecular weight excluding hydrogens is 493 g/mol. The SMILES string of the molecule is CC(=O)Nc1ccc(N2C(=O)[C@@H]3[C@@H](C2=O)[C@]2(Cl)C(Cl)=C(Cl)[C@]3(Cl)C2(Cl)Cl)cc1. The Hall–Kier alpha value is -0.690. The lowest BCUT2D eigenvalue weighted by molar-refractivity contribution is -0.123. The Labute approximate surface area is 189 Å². The van der Waals surface area contributed by atoms with Gasteiger partial charge in [0, 0.05) is 12.6 Å². The van der Waals surface area contributed by atoms with E-state index in [1.807, 2.05) is 0 Å². The average molecular weight is 503 g/mol. The summed E-state index contributed by atoms with van der Waals surface area (Å²) < 4.78 is -1.96. The van der Waals surface area contributed by atoms with Gasteiger partial charge in [-0.15, -0.1) is 23.2 Å². The molecule has 3 aliphatic rings. The molecule has 2 fully saturated rings. The number of allylic oxidation sites excluding steroid dienone is 2. The van der Waals surface area contributed by atoms with Crippen LogP contribution in [0.25, 0.3) is 0 Å². The standard InChI is InChI=1S/C17H10Cl6N2O3/c1-6(26)24-7-2-4-8(5-3-7)25-13(27)9-10(14(25)28)16(21)12(19)11(18)15(9,20)17(16,22)23/h2-5,9-10H,1H3,(H,24,26)/t9-,10-,15-,16-/m0/s1. The summed E-state index contributed by atoms with van der Waals surface area (Å²) in [6, 6.07) is 6.13. The van der Waals surface area contributed by atoms with Crippen molar-refractivity contribution in [2.24, 2.45) is 11.8 Å². The van der Waals surface area contributed by atoms with Gasteiger partial charge in [-0.1, -0.05) is 46.4 Å². The lowest BCUT2D eigenvalue weighted by Crippen LogP contribution is -2.50. The van der Waals surface area contributed by atoms with Gasteiger partial charge in [-0.25, -0.2) is 4.90 Å². The van der Waals surface area contributed by atoms with Crippen LogP contribution in [0.3, 0.4) is 0 Å². The van der Waals surface area contributed by atoms with Gasteiger partial charge in [0.15, 0.2) is 4.33 Å². The lowest BCUT2D eigenvalue weighted by Gasteiger charge is -2.34. The molecule has 2 aliphatic carbocycles. The Morgan fingerprint density at radius 2 is 1.36 bits per heavy atom. The van der Waals surface area contributed by atoms with Crippen LogP contribution < -0.4 is 10.2 Å². The normalized spacial score (nSPS) is 35.6. The molecule has 4 rings (SSSR count). The van der Waals surface area contributed by atoms with Crippen molar-refractivity contribution in [3.63, 3.8) is 0 Å². The van der Waals surface area contributed by atoms with Crippen molar-refractivity contribution >= 4 is 98.7 Å². The van der Waals surface area contributed by atoms with Crippen LogP contribution in [0.15, 0.2) is 34.3 Å². The highest BCUT2D eigenvalue weighted by Crippen LogP contribution is 2.77. The third-order valence-electron chi connectivity index (χ3n) is 5.35. The van der Waals surface area contributed by atoms with Crippen molar-refractivity contribution in [3.8, 4) is 0 Å². The highest BCUT2D eigenvalue weighted by atomic mass is 35.5. The van der Waals surface area contributed by atoms with E-state index < -0.39 is 37.7 Å². The number of benzene rings is 1. The molecule has 1 heterocycles. The maximum absolute atomic E-state index is 13.2. The van der Waals surface area contributed by atoms with E-state index in [0.717, 1.165) is 4.90 Å². The van der Waals surface area contributed by atoms with Gasteiger partial charge in [-0.2, -0.15) is 0 Å². The largest absolute Gasteiger partial charge is 0.326 e. The van der Waals surface area contributed by atoms with Crippen molar-refractivity contribution in [3.05, 3.63) is 34.3 Å². The van der Waals surface area contributed by atoms with Crippen molar-refractivity contribution in [2.75, 3.05) is 10.2 Å². The van der Waals surface area contributed by atoms with Crippen molar-refractivity contribution in [1.82, 2.24) is 0 Å². The van der Waals surface area contributed by atoms with E-state index in [4.69, 9.17) is 69.6 Å². The van der Waals surface area contributed by atoms with Gasteiger partial charge in [0.1, 0.15) is 9.75 Å². The van der Waals surface area contributed by atoms with Crippen molar-refractivity contribution < 1.29 is 14.4 Å². The van der Waals surface area contributed by atoms with Gasteiger partial charge in [0.25, 0.3) is 0 Å². The van der Waals surface area contributed by atoms with Crippen LogP contribution in [0.5, 0.6) is 0 Å². The molecule has 1 saturated heterocycles. The first-order chi connectivity index (χ1) is 12.9. The Bertz CT molecular complexity index is 932. The molecule has 0 unspecified atom stereocenters. The molecule has 28 heavy (non-hydrogen) atoms. The zero-order chi connectivity index (χ0) is 20.8. The molecule has 1 saturated carbocycles. The zero-order valence-electron chi connectivity index (χ0n) is 13.9. The summed E-state index contributed by atoms with van der Waals surface area (Å²) in [4.78, 5) is 34.8. The van der Waals surface area contributed by atoms with Gasteiger partial charge < -0.3 is 5.32 Å². The highest BCUT2D eigenvalue weighted by Gasteiger charge is 2.87. The zero-order valence-corrected chi connectivity index (χ0v) is 18.4. The van der Waals surface area contributed by atoms with Crippen LogP contribution in [0.2, 0.25) is 0 Å². The first-order valence-electron chi connectivity index (χ1n) is 7.98. The van der Waals surface area contributed by atoms with Gasteiger partial charge in [0.05, 0.1) is 27.6 Å². The molecule has 148 valence electrons. The fourth-order valence-corrected chi connectivity index (χ4v) is 7.08. The van der Waals surface area contributed by atoms with Crippen LogP contribution in [-0.4, -0.2) is 31.8 Å². The molecule has 11 heteroatoms. The first-order valence-corrected chi connectivity index (χ1v) is 10.2. The molecule has 1 aromatic rings. The fraction of sp³-hybridized carbons (Fsp3) is 0.353. The number of carbonyl (C=O) groups is 3. The number of halogens is 6. The van der Waals surface area contributed by atoms with Crippen LogP contribution in [0, 0.1) is 11.8 Å². The Morgan fingerprint density at radius 1 is 0.929 bits per heavy atom. The minimum Gasteiger partial charge on any atom is -0.326 e. The molecule has 0 spiro atoms. The minimum absolute atomic E-state index is 0.138. The summed E-state index contributed by atoms with van der Waals surface area (Å²) >= 11 is 38.7. The molecule has 3 amide bonds. The Kier molecular flexibility index (Phi) is 4.53. The predicted molar refractivity (Wildman–Crippen MR) is 111 cm³/mol. The van der Waals surface area contributed by atoms with Gasteiger partial charge in [0.2, 0.25) is 17.7 Å². The van der Waals surface area contributed by atoms with Crippen LogP contribution in [0.1, 0.15) is 6.92 Å². The number of hydrogen-bond donors (Lipinski definition) is 1. The molecule has 1 aliphatic heterocycles. The van der Waals surface area contributed by atoms with Gasteiger partial charge >= 0.3 is 0 Å². The maximum atomic E-state index is 13.2. The van der Waals surface area contributed by atoms with Crippen molar-refractivity contribution in [1.29, 1.82) is 0 Å². The summed E-state index contributed by atoms with van der Waals surface area (Å²) in [6.07, 6.45) is 0. The van der Waals surface area contributed by atoms with E-state index >= 15 is 0 Å². The molecule has 4 atom stereocenters. The summed E-state index contributed by atoms with van der Waals surface area (Å²) in [6.45, 7) is 1.36. The smallest absolute Gasteiger partial charge is 0.240 e.